The third-order valence-electron chi connectivity index (χ3n) is 4.20. The first-order valence-corrected chi connectivity index (χ1v) is 9.06. The van der Waals surface area contributed by atoms with Gasteiger partial charge in [-0.15, -0.1) is 0 Å². The van der Waals surface area contributed by atoms with E-state index in [1.807, 2.05) is 49.4 Å². The van der Waals surface area contributed by atoms with Crippen LogP contribution in [0.25, 0.3) is 11.1 Å². The smallest absolute Gasteiger partial charge is 0.336 e. The van der Waals surface area contributed by atoms with E-state index in [0.29, 0.717) is 18.0 Å². The Balaban J connectivity index is 1.93. The van der Waals surface area contributed by atoms with Crippen molar-refractivity contribution < 1.29 is 19.4 Å². The maximum Gasteiger partial charge on any atom is 0.336 e. The summed E-state index contributed by atoms with van der Waals surface area (Å²) in [4.78, 5) is 24.1. The lowest BCUT2D eigenvalue weighted by molar-refractivity contribution is 0.0692. The number of carboxylic acids is 1. The minimum absolute atomic E-state index is 0.0445. The van der Waals surface area contributed by atoms with Crippen molar-refractivity contribution in [1.82, 2.24) is 0 Å². The molecule has 28 heavy (non-hydrogen) atoms. The Morgan fingerprint density at radius 2 is 1.57 bits per heavy atom. The second kappa shape index (κ2) is 8.86. The number of rotatable bonds is 7. The van der Waals surface area contributed by atoms with Crippen LogP contribution in [0.5, 0.6) is 5.75 Å². The van der Waals surface area contributed by atoms with Gasteiger partial charge in [-0.05, 0) is 41.8 Å². The van der Waals surface area contributed by atoms with Gasteiger partial charge in [-0.1, -0.05) is 55.5 Å². The Labute approximate surface area is 163 Å². The molecule has 0 aliphatic carbocycles. The molecular formula is C23H21NO4. The molecule has 0 saturated carbocycles. The van der Waals surface area contributed by atoms with Gasteiger partial charge in [0.15, 0.2) is 0 Å². The molecule has 3 aromatic carbocycles. The van der Waals surface area contributed by atoms with Crippen LogP contribution < -0.4 is 10.1 Å². The summed E-state index contributed by atoms with van der Waals surface area (Å²) in [5.41, 5.74) is 2.56. The highest BCUT2D eigenvalue weighted by Gasteiger charge is 2.17. The number of benzene rings is 3. The molecule has 2 N–H and O–H groups in total. The Morgan fingerprint density at radius 3 is 2.25 bits per heavy atom. The van der Waals surface area contributed by atoms with E-state index in [9.17, 15) is 14.7 Å². The zero-order chi connectivity index (χ0) is 19.9. The number of hydrogen-bond donors (Lipinski definition) is 2. The molecule has 0 aromatic heterocycles. The van der Waals surface area contributed by atoms with Crippen molar-refractivity contribution >= 4 is 17.6 Å². The number of nitrogens with one attached hydrogen (secondary N) is 1. The van der Waals surface area contributed by atoms with Gasteiger partial charge in [0.2, 0.25) is 0 Å². The van der Waals surface area contributed by atoms with E-state index >= 15 is 0 Å². The molecule has 3 aromatic rings. The lowest BCUT2D eigenvalue weighted by Gasteiger charge is -2.15. The summed E-state index contributed by atoms with van der Waals surface area (Å²) in [7, 11) is 0. The average molecular weight is 375 g/mol. The number of hydrogen-bond acceptors (Lipinski definition) is 3. The first-order valence-electron chi connectivity index (χ1n) is 9.06. The molecular weight excluding hydrogens is 354 g/mol. The molecule has 0 spiro atoms. The van der Waals surface area contributed by atoms with Crippen LogP contribution in [-0.2, 0) is 0 Å². The summed E-state index contributed by atoms with van der Waals surface area (Å²) in [6.45, 7) is 2.51. The normalized spacial score (nSPS) is 10.3. The second-order valence-corrected chi connectivity index (χ2v) is 6.23. The molecule has 3 rings (SSSR count). The van der Waals surface area contributed by atoms with Gasteiger partial charge in [0.05, 0.1) is 23.4 Å². The summed E-state index contributed by atoms with van der Waals surface area (Å²) < 4.78 is 5.83. The first-order chi connectivity index (χ1) is 13.6. The number of aromatic carboxylic acids is 1. The highest BCUT2D eigenvalue weighted by molar-refractivity contribution is 6.11. The quantitative estimate of drug-likeness (QED) is 0.603. The van der Waals surface area contributed by atoms with Crippen molar-refractivity contribution in [2.75, 3.05) is 11.9 Å². The molecule has 0 radical (unpaired) electrons. The SMILES string of the molecule is CCCOc1cc(-c2ccccc2)ccc1NC(=O)c1ccccc1C(=O)O. The highest BCUT2D eigenvalue weighted by atomic mass is 16.5. The van der Waals surface area contributed by atoms with Crippen molar-refractivity contribution in [3.8, 4) is 16.9 Å². The molecule has 0 fully saturated rings. The molecule has 0 bridgehead atoms. The second-order valence-electron chi connectivity index (χ2n) is 6.23. The first kappa shape index (κ1) is 19.2. The fraction of sp³-hybridized carbons (Fsp3) is 0.130. The molecule has 0 heterocycles. The summed E-state index contributed by atoms with van der Waals surface area (Å²) in [6.07, 6.45) is 0.824. The van der Waals surface area contributed by atoms with Crippen LogP contribution in [0.1, 0.15) is 34.1 Å². The van der Waals surface area contributed by atoms with E-state index in [1.54, 1.807) is 18.2 Å². The van der Waals surface area contributed by atoms with Gasteiger partial charge in [-0.2, -0.15) is 0 Å². The molecule has 0 aliphatic rings. The summed E-state index contributed by atoms with van der Waals surface area (Å²) in [6, 6.07) is 21.5. The summed E-state index contributed by atoms with van der Waals surface area (Å²) in [5, 5.41) is 12.1. The zero-order valence-corrected chi connectivity index (χ0v) is 15.5. The number of amides is 1. The predicted molar refractivity (Wildman–Crippen MR) is 109 cm³/mol. The van der Waals surface area contributed by atoms with E-state index in [0.717, 1.165) is 17.5 Å². The van der Waals surface area contributed by atoms with Gasteiger partial charge in [0, 0.05) is 0 Å². The van der Waals surface area contributed by atoms with Crippen LogP contribution in [0.3, 0.4) is 0 Å². The molecule has 0 atom stereocenters. The fourth-order valence-electron chi connectivity index (χ4n) is 2.82. The van der Waals surface area contributed by atoms with Gasteiger partial charge in [-0.25, -0.2) is 4.79 Å². The number of anilines is 1. The molecule has 1 amide bonds. The van der Waals surface area contributed by atoms with E-state index in [4.69, 9.17) is 4.74 Å². The van der Waals surface area contributed by atoms with E-state index in [1.165, 1.54) is 12.1 Å². The van der Waals surface area contributed by atoms with Crippen LogP contribution >= 0.6 is 0 Å². The fourth-order valence-corrected chi connectivity index (χ4v) is 2.82. The van der Waals surface area contributed by atoms with Gasteiger partial charge < -0.3 is 15.2 Å². The van der Waals surface area contributed by atoms with Crippen LogP contribution in [0.2, 0.25) is 0 Å². The van der Waals surface area contributed by atoms with Crippen LogP contribution in [0.15, 0.2) is 72.8 Å². The van der Waals surface area contributed by atoms with Crippen molar-refractivity contribution in [3.05, 3.63) is 83.9 Å². The minimum atomic E-state index is -1.15. The monoisotopic (exact) mass is 375 g/mol. The number of carbonyl (C=O) groups is 2. The lowest BCUT2D eigenvalue weighted by atomic mass is 10.0. The summed E-state index contributed by atoms with van der Waals surface area (Å²) >= 11 is 0. The summed E-state index contributed by atoms with van der Waals surface area (Å²) in [5.74, 6) is -1.09. The Hall–Kier alpha value is -3.60. The topological polar surface area (TPSA) is 75.6 Å². The third-order valence-corrected chi connectivity index (χ3v) is 4.20. The molecule has 0 aliphatic heterocycles. The maximum absolute atomic E-state index is 12.7. The van der Waals surface area contributed by atoms with Crippen molar-refractivity contribution in [2.24, 2.45) is 0 Å². The minimum Gasteiger partial charge on any atom is -0.491 e. The average Bonchev–Trinajstić information content (AvgIpc) is 2.73. The Bertz CT molecular complexity index is 983. The molecule has 5 nitrogen and oxygen atoms in total. The molecule has 5 heteroatoms. The van der Waals surface area contributed by atoms with Crippen LogP contribution in [-0.4, -0.2) is 23.6 Å². The predicted octanol–water partition coefficient (Wildman–Crippen LogP) is 5.09. The molecule has 0 saturated heterocycles. The van der Waals surface area contributed by atoms with Gasteiger partial charge >= 0.3 is 5.97 Å². The van der Waals surface area contributed by atoms with Crippen molar-refractivity contribution in [3.63, 3.8) is 0 Å². The molecule has 142 valence electrons. The standard InChI is InChI=1S/C23H21NO4/c1-2-14-28-21-15-17(16-8-4-3-5-9-16)12-13-20(21)24-22(25)18-10-6-7-11-19(18)23(26)27/h3-13,15H,2,14H2,1H3,(H,24,25)(H,26,27). The van der Waals surface area contributed by atoms with E-state index in [-0.39, 0.29) is 11.1 Å². The van der Waals surface area contributed by atoms with E-state index < -0.39 is 11.9 Å². The number of carboxylic acid groups (broad SMARTS) is 1. The van der Waals surface area contributed by atoms with Crippen molar-refractivity contribution in [2.45, 2.75) is 13.3 Å². The molecule has 0 unspecified atom stereocenters. The third kappa shape index (κ3) is 4.38. The highest BCUT2D eigenvalue weighted by Crippen LogP contribution is 2.31. The van der Waals surface area contributed by atoms with Gasteiger partial charge in [0.25, 0.3) is 5.91 Å². The maximum atomic E-state index is 12.7. The van der Waals surface area contributed by atoms with E-state index in [2.05, 4.69) is 5.32 Å². The zero-order valence-electron chi connectivity index (χ0n) is 15.5. The number of ether oxygens (including phenoxy) is 1. The Morgan fingerprint density at radius 1 is 0.893 bits per heavy atom. The largest absolute Gasteiger partial charge is 0.491 e. The van der Waals surface area contributed by atoms with Crippen LogP contribution in [0.4, 0.5) is 5.69 Å². The Kier molecular flexibility index (Phi) is 6.07. The van der Waals surface area contributed by atoms with Gasteiger partial charge in [-0.3, -0.25) is 4.79 Å². The van der Waals surface area contributed by atoms with Crippen LogP contribution in [0, 0.1) is 0 Å². The lowest BCUT2D eigenvalue weighted by Crippen LogP contribution is -2.17. The van der Waals surface area contributed by atoms with Crippen molar-refractivity contribution in [1.29, 1.82) is 0 Å². The number of carbonyl (C=O) groups excluding carboxylic acids is 1. The van der Waals surface area contributed by atoms with Gasteiger partial charge in [0.1, 0.15) is 5.75 Å².